The fraction of sp³-hybridized carbons (Fsp3) is 0.0714. The molecule has 2 aromatic rings. The molecule has 0 bridgehead atoms. The fourth-order valence-electron chi connectivity index (χ4n) is 1.66. The number of hydrogen-bond acceptors (Lipinski definition) is 1. The minimum absolute atomic E-state index is 0.0478. The van der Waals surface area contributed by atoms with Crippen LogP contribution in [0.25, 0.3) is 0 Å². The Labute approximate surface area is 112 Å². The smallest absolute Gasteiger partial charge is 0.197 e. The molecule has 0 amide bonds. The van der Waals surface area contributed by atoms with Crippen molar-refractivity contribution >= 4 is 17.4 Å². The lowest BCUT2D eigenvalue weighted by molar-refractivity contribution is 0.103. The van der Waals surface area contributed by atoms with Crippen LogP contribution in [-0.4, -0.2) is 5.78 Å². The zero-order chi connectivity index (χ0) is 14.2. The van der Waals surface area contributed by atoms with E-state index in [1.54, 1.807) is 19.1 Å². The summed E-state index contributed by atoms with van der Waals surface area (Å²) in [6.07, 6.45) is 0. The van der Waals surface area contributed by atoms with Crippen molar-refractivity contribution in [3.8, 4) is 0 Å². The van der Waals surface area contributed by atoms with Crippen molar-refractivity contribution < 1.29 is 18.0 Å². The Bertz CT molecular complexity index is 668. The Balaban J connectivity index is 2.56. The van der Waals surface area contributed by atoms with E-state index in [-0.39, 0.29) is 10.6 Å². The van der Waals surface area contributed by atoms with Crippen LogP contribution in [0.1, 0.15) is 21.5 Å². The second kappa shape index (κ2) is 5.05. The predicted molar refractivity (Wildman–Crippen MR) is 65.9 cm³/mol. The summed E-state index contributed by atoms with van der Waals surface area (Å²) in [4.78, 5) is 12.1. The molecule has 0 fully saturated rings. The molecule has 1 nitrogen and oxygen atoms in total. The topological polar surface area (TPSA) is 17.1 Å². The normalized spacial score (nSPS) is 10.6. The van der Waals surface area contributed by atoms with Gasteiger partial charge in [-0.1, -0.05) is 23.7 Å². The second-order valence-corrected chi connectivity index (χ2v) is 4.39. The molecular weight excluding hydrogens is 277 g/mol. The molecule has 0 aromatic heterocycles. The van der Waals surface area contributed by atoms with Crippen molar-refractivity contribution in [2.24, 2.45) is 0 Å². The predicted octanol–water partition coefficient (Wildman–Crippen LogP) is 4.30. The van der Waals surface area contributed by atoms with Crippen LogP contribution in [-0.2, 0) is 0 Å². The van der Waals surface area contributed by atoms with Crippen LogP contribution in [0, 0.1) is 24.4 Å². The molecule has 2 rings (SSSR count). The molecule has 0 saturated heterocycles. The lowest BCUT2D eigenvalue weighted by Crippen LogP contribution is -2.07. The van der Waals surface area contributed by atoms with Gasteiger partial charge in [-0.05, 0) is 24.6 Å². The molecule has 98 valence electrons. The molecular formula is C14H8ClF3O. The highest BCUT2D eigenvalue weighted by Gasteiger charge is 2.20. The number of aryl methyl sites for hydroxylation is 1. The van der Waals surface area contributed by atoms with Gasteiger partial charge in [-0.3, -0.25) is 4.79 Å². The average molecular weight is 285 g/mol. The van der Waals surface area contributed by atoms with Crippen LogP contribution in [0.2, 0.25) is 5.02 Å². The quantitative estimate of drug-likeness (QED) is 0.594. The lowest BCUT2D eigenvalue weighted by Gasteiger charge is -2.07. The first-order chi connectivity index (χ1) is 8.91. The SMILES string of the molecule is Cc1cccc(C(=O)c2cc(F)c(F)cc2F)c1Cl. The van der Waals surface area contributed by atoms with Crippen molar-refractivity contribution in [3.63, 3.8) is 0 Å². The van der Waals surface area contributed by atoms with E-state index in [1.807, 2.05) is 0 Å². The molecule has 2 aromatic carbocycles. The number of hydrogen-bond donors (Lipinski definition) is 0. The molecule has 0 N–H and O–H groups in total. The summed E-state index contributed by atoms with van der Waals surface area (Å²) < 4.78 is 39.4. The van der Waals surface area contributed by atoms with E-state index in [2.05, 4.69) is 0 Å². The lowest BCUT2D eigenvalue weighted by atomic mass is 10.0. The van der Waals surface area contributed by atoms with E-state index < -0.39 is 28.8 Å². The van der Waals surface area contributed by atoms with Gasteiger partial charge in [0.1, 0.15) is 5.82 Å². The number of ketones is 1. The van der Waals surface area contributed by atoms with Crippen molar-refractivity contribution in [1.29, 1.82) is 0 Å². The highest BCUT2D eigenvalue weighted by atomic mass is 35.5. The van der Waals surface area contributed by atoms with Crippen molar-refractivity contribution in [3.05, 3.63) is 69.5 Å². The van der Waals surface area contributed by atoms with Crippen LogP contribution < -0.4 is 0 Å². The summed E-state index contributed by atoms with van der Waals surface area (Å²) in [5, 5.41) is 0.164. The average Bonchev–Trinajstić information content (AvgIpc) is 2.36. The summed E-state index contributed by atoms with van der Waals surface area (Å²) in [6.45, 7) is 1.68. The third kappa shape index (κ3) is 2.49. The van der Waals surface area contributed by atoms with Gasteiger partial charge in [0.15, 0.2) is 17.4 Å². The number of carbonyl (C=O) groups excluding carboxylic acids is 1. The third-order valence-corrected chi connectivity index (χ3v) is 3.19. The van der Waals surface area contributed by atoms with Gasteiger partial charge in [-0.25, -0.2) is 13.2 Å². The summed E-state index contributed by atoms with van der Waals surface area (Å²) >= 11 is 5.95. The van der Waals surface area contributed by atoms with Gasteiger partial charge in [0, 0.05) is 11.6 Å². The first-order valence-corrected chi connectivity index (χ1v) is 5.74. The number of halogens is 4. The van der Waals surface area contributed by atoms with E-state index in [9.17, 15) is 18.0 Å². The molecule has 0 saturated carbocycles. The van der Waals surface area contributed by atoms with Gasteiger partial charge in [0.05, 0.1) is 10.6 Å². The van der Waals surface area contributed by atoms with Gasteiger partial charge >= 0.3 is 0 Å². The molecule has 0 heterocycles. The summed E-state index contributed by atoms with van der Waals surface area (Å²) in [5.74, 6) is -4.54. The van der Waals surface area contributed by atoms with Gasteiger partial charge in [0.2, 0.25) is 0 Å². The largest absolute Gasteiger partial charge is 0.288 e. The van der Waals surface area contributed by atoms with Gasteiger partial charge in [-0.15, -0.1) is 0 Å². The summed E-state index contributed by atoms with van der Waals surface area (Å²) in [5.41, 5.74) is 0.133. The molecule has 0 aliphatic heterocycles. The van der Waals surface area contributed by atoms with Crippen LogP contribution in [0.15, 0.2) is 30.3 Å². The van der Waals surface area contributed by atoms with E-state index in [4.69, 9.17) is 11.6 Å². The first-order valence-electron chi connectivity index (χ1n) is 5.36. The van der Waals surface area contributed by atoms with E-state index in [0.29, 0.717) is 17.7 Å². The van der Waals surface area contributed by atoms with E-state index in [0.717, 1.165) is 0 Å². The van der Waals surface area contributed by atoms with Gasteiger partial charge < -0.3 is 0 Å². The third-order valence-electron chi connectivity index (χ3n) is 2.69. The molecule has 0 aliphatic carbocycles. The highest BCUT2D eigenvalue weighted by molar-refractivity contribution is 6.35. The Hall–Kier alpha value is -1.81. The number of rotatable bonds is 2. The second-order valence-electron chi connectivity index (χ2n) is 4.01. The maximum absolute atomic E-state index is 13.5. The van der Waals surface area contributed by atoms with Gasteiger partial charge in [-0.2, -0.15) is 0 Å². The highest BCUT2D eigenvalue weighted by Crippen LogP contribution is 2.25. The molecule has 0 aliphatic rings. The van der Waals surface area contributed by atoms with E-state index >= 15 is 0 Å². The molecule has 0 atom stereocenters. The molecule has 0 unspecified atom stereocenters. The Kier molecular flexibility index (Phi) is 3.62. The number of carbonyl (C=O) groups is 1. The molecule has 0 radical (unpaired) electrons. The Morgan fingerprint density at radius 2 is 1.63 bits per heavy atom. The minimum atomic E-state index is -1.34. The van der Waals surface area contributed by atoms with Crippen molar-refractivity contribution in [2.45, 2.75) is 6.92 Å². The van der Waals surface area contributed by atoms with E-state index in [1.165, 1.54) is 6.07 Å². The monoisotopic (exact) mass is 284 g/mol. The first kappa shape index (κ1) is 13.6. The van der Waals surface area contributed by atoms with Crippen LogP contribution in [0.4, 0.5) is 13.2 Å². The zero-order valence-corrected chi connectivity index (χ0v) is 10.6. The zero-order valence-electron chi connectivity index (χ0n) is 9.81. The van der Waals surface area contributed by atoms with Crippen LogP contribution >= 0.6 is 11.6 Å². The van der Waals surface area contributed by atoms with Gasteiger partial charge in [0.25, 0.3) is 0 Å². The standard InChI is InChI=1S/C14H8ClF3O/c1-7-3-2-4-8(13(7)15)14(19)9-5-11(17)12(18)6-10(9)16/h2-6H,1H3. The Morgan fingerprint density at radius 3 is 2.32 bits per heavy atom. The summed E-state index contributed by atoms with van der Waals surface area (Å²) in [7, 11) is 0. The fourth-order valence-corrected chi connectivity index (χ4v) is 1.88. The van der Waals surface area contributed by atoms with Crippen LogP contribution in [0.3, 0.4) is 0 Å². The van der Waals surface area contributed by atoms with Crippen molar-refractivity contribution in [1.82, 2.24) is 0 Å². The molecule has 5 heteroatoms. The van der Waals surface area contributed by atoms with Crippen molar-refractivity contribution in [2.75, 3.05) is 0 Å². The minimum Gasteiger partial charge on any atom is -0.288 e. The number of benzene rings is 2. The van der Waals surface area contributed by atoms with Crippen LogP contribution in [0.5, 0.6) is 0 Å². The maximum Gasteiger partial charge on any atom is 0.197 e. The molecule has 19 heavy (non-hydrogen) atoms. The Morgan fingerprint density at radius 1 is 1.00 bits per heavy atom. The molecule has 0 spiro atoms. The maximum atomic E-state index is 13.5. The summed E-state index contributed by atoms with van der Waals surface area (Å²) in [6, 6.07) is 5.53.